The van der Waals surface area contributed by atoms with Crippen LogP contribution in [-0.4, -0.2) is 45.3 Å². The number of hydrogen-bond acceptors (Lipinski definition) is 4. The van der Waals surface area contributed by atoms with Gasteiger partial charge in [-0.1, -0.05) is 29.8 Å². The molecule has 4 rings (SSSR count). The molecule has 1 saturated heterocycles. The van der Waals surface area contributed by atoms with Crippen molar-refractivity contribution in [3.8, 4) is 11.1 Å². The van der Waals surface area contributed by atoms with Crippen molar-refractivity contribution >= 4 is 34.4 Å². The van der Waals surface area contributed by atoms with Gasteiger partial charge in [0.25, 0.3) is 0 Å². The molecular formula is C22H24Cl2N4O2. The average Bonchev–Trinajstić information content (AvgIpc) is 2.97. The summed E-state index contributed by atoms with van der Waals surface area (Å²) in [5.74, 6) is 0. The number of aromatic nitrogens is 3. The highest BCUT2D eigenvalue weighted by atomic mass is 35.5. The van der Waals surface area contributed by atoms with Crippen molar-refractivity contribution in [2.75, 3.05) is 20.2 Å². The summed E-state index contributed by atoms with van der Waals surface area (Å²) in [6, 6.07) is 7.29. The van der Waals surface area contributed by atoms with Crippen molar-refractivity contribution in [3.05, 3.63) is 63.3 Å². The van der Waals surface area contributed by atoms with Gasteiger partial charge in [0.15, 0.2) is 5.65 Å². The van der Waals surface area contributed by atoms with Crippen molar-refractivity contribution in [1.82, 2.24) is 19.0 Å². The van der Waals surface area contributed by atoms with Crippen LogP contribution in [0.25, 0.3) is 22.3 Å². The third-order valence-corrected chi connectivity index (χ3v) is 6.18. The molecule has 1 fully saturated rings. The fourth-order valence-corrected chi connectivity index (χ4v) is 4.51. The van der Waals surface area contributed by atoms with Crippen molar-refractivity contribution in [2.45, 2.75) is 25.5 Å². The highest BCUT2D eigenvalue weighted by molar-refractivity contribution is 6.35. The quantitative estimate of drug-likeness (QED) is 0.584. The van der Waals surface area contributed by atoms with Gasteiger partial charge in [0.05, 0.1) is 18.2 Å². The zero-order valence-electron chi connectivity index (χ0n) is 17.1. The zero-order chi connectivity index (χ0) is 21.4. The van der Waals surface area contributed by atoms with E-state index in [-0.39, 0.29) is 5.69 Å². The molecule has 0 aliphatic carbocycles. The first-order chi connectivity index (χ1) is 14.4. The van der Waals surface area contributed by atoms with Crippen molar-refractivity contribution in [2.24, 2.45) is 7.05 Å². The molecule has 3 aromatic rings. The summed E-state index contributed by atoms with van der Waals surface area (Å²) >= 11 is 12.3. The van der Waals surface area contributed by atoms with Crippen molar-refractivity contribution < 1.29 is 4.74 Å². The van der Waals surface area contributed by atoms with E-state index in [1.165, 1.54) is 0 Å². The van der Waals surface area contributed by atoms with Gasteiger partial charge in [-0.2, -0.15) is 0 Å². The number of rotatable bonds is 5. The van der Waals surface area contributed by atoms with Gasteiger partial charge in [-0.15, -0.1) is 0 Å². The maximum atomic E-state index is 12.9. The molecule has 0 saturated carbocycles. The third-order valence-electron chi connectivity index (χ3n) is 5.74. The summed E-state index contributed by atoms with van der Waals surface area (Å²) in [6.45, 7) is 6.39. The fraction of sp³-hybridized carbons (Fsp3) is 0.364. The number of halogens is 2. The first-order valence-electron chi connectivity index (χ1n) is 9.84. The van der Waals surface area contributed by atoms with Crippen LogP contribution in [0.5, 0.6) is 0 Å². The number of fused-ring (bicyclic) bond motifs is 1. The molecule has 0 radical (unpaired) electrons. The summed E-state index contributed by atoms with van der Waals surface area (Å²) in [5.41, 5.74) is 3.87. The highest BCUT2D eigenvalue weighted by Crippen LogP contribution is 2.28. The Morgan fingerprint density at radius 1 is 1.17 bits per heavy atom. The van der Waals surface area contributed by atoms with Gasteiger partial charge in [0, 0.05) is 54.7 Å². The van der Waals surface area contributed by atoms with E-state index in [4.69, 9.17) is 27.9 Å². The predicted molar refractivity (Wildman–Crippen MR) is 121 cm³/mol. The number of piperidine rings is 1. The summed E-state index contributed by atoms with van der Waals surface area (Å²) in [5, 5.41) is 1.11. The molecular weight excluding hydrogens is 423 g/mol. The van der Waals surface area contributed by atoms with Crippen LogP contribution in [0.3, 0.4) is 0 Å². The van der Waals surface area contributed by atoms with E-state index in [2.05, 4.69) is 16.5 Å². The summed E-state index contributed by atoms with van der Waals surface area (Å²) in [4.78, 5) is 19.7. The molecule has 0 bridgehead atoms. The van der Waals surface area contributed by atoms with E-state index < -0.39 is 0 Å². The molecule has 1 aromatic carbocycles. The molecule has 3 heterocycles. The minimum absolute atomic E-state index is 0.119. The SMILES string of the molecule is C=C(Cn1c(=O)n(C)c2cc(-c3cc(Cl)cc(Cl)c3)cnc21)N1CCC(OC)CC1. The van der Waals surface area contributed by atoms with E-state index in [1.54, 1.807) is 35.6 Å². The van der Waals surface area contributed by atoms with Crippen LogP contribution in [0.1, 0.15) is 12.8 Å². The van der Waals surface area contributed by atoms with Gasteiger partial charge in [-0.05, 0) is 42.7 Å². The second kappa shape index (κ2) is 8.46. The molecule has 0 N–H and O–H groups in total. The Morgan fingerprint density at radius 2 is 1.83 bits per heavy atom. The summed E-state index contributed by atoms with van der Waals surface area (Å²) in [7, 11) is 3.51. The van der Waals surface area contributed by atoms with E-state index in [0.29, 0.717) is 28.3 Å². The number of hydrogen-bond donors (Lipinski definition) is 0. The number of benzene rings is 1. The minimum Gasteiger partial charge on any atom is -0.381 e. The second-order valence-electron chi connectivity index (χ2n) is 7.64. The molecule has 8 heteroatoms. The topological polar surface area (TPSA) is 52.3 Å². The number of imidazole rings is 1. The number of methoxy groups -OCH3 is 1. The number of likely N-dealkylation sites (tertiary alicyclic amines) is 1. The van der Waals surface area contributed by atoms with E-state index in [0.717, 1.165) is 48.3 Å². The maximum absolute atomic E-state index is 12.9. The Hall–Kier alpha value is -2.28. The summed E-state index contributed by atoms with van der Waals surface area (Å²) in [6.07, 6.45) is 3.97. The minimum atomic E-state index is -0.119. The van der Waals surface area contributed by atoms with Crippen LogP contribution in [-0.2, 0) is 18.3 Å². The van der Waals surface area contributed by atoms with E-state index >= 15 is 0 Å². The lowest BCUT2D eigenvalue weighted by atomic mass is 10.1. The Labute approximate surface area is 185 Å². The monoisotopic (exact) mass is 446 g/mol. The van der Waals surface area contributed by atoms with Gasteiger partial charge < -0.3 is 9.64 Å². The standard InChI is InChI=1S/C22H24Cl2N4O2/c1-14(27-6-4-19(30-3)5-7-27)13-28-21-20(26(2)22(28)29)10-16(12-25-21)15-8-17(23)11-18(24)9-15/h8-12,19H,1,4-7,13H2,2-3H3. The molecule has 6 nitrogen and oxygen atoms in total. The second-order valence-corrected chi connectivity index (χ2v) is 8.51. The molecule has 158 valence electrons. The Bertz CT molecular complexity index is 1140. The van der Waals surface area contributed by atoms with Gasteiger partial charge in [-0.3, -0.25) is 9.13 Å². The number of ether oxygens (including phenoxy) is 1. The Balaban J connectivity index is 1.64. The molecule has 1 aliphatic rings. The van der Waals surface area contributed by atoms with Gasteiger partial charge >= 0.3 is 5.69 Å². The third kappa shape index (κ3) is 4.00. The molecule has 1 aliphatic heterocycles. The first kappa shape index (κ1) is 21.0. The normalized spacial score (nSPS) is 15.1. The number of nitrogens with zero attached hydrogens (tertiary/aromatic N) is 4. The zero-order valence-corrected chi connectivity index (χ0v) is 18.6. The molecule has 30 heavy (non-hydrogen) atoms. The lowest BCUT2D eigenvalue weighted by Crippen LogP contribution is -2.37. The summed E-state index contributed by atoms with van der Waals surface area (Å²) < 4.78 is 8.73. The highest BCUT2D eigenvalue weighted by Gasteiger charge is 2.21. The average molecular weight is 447 g/mol. The van der Waals surface area contributed by atoms with Crippen LogP contribution in [0.15, 0.2) is 47.5 Å². The number of allylic oxidation sites excluding steroid dienone is 1. The largest absolute Gasteiger partial charge is 0.381 e. The predicted octanol–water partition coefficient (Wildman–Crippen LogP) is 4.33. The molecule has 2 aromatic heterocycles. The lowest BCUT2D eigenvalue weighted by Gasteiger charge is -2.34. The molecule has 0 atom stereocenters. The van der Waals surface area contributed by atoms with Crippen molar-refractivity contribution in [1.29, 1.82) is 0 Å². The number of aryl methyl sites for hydroxylation is 1. The van der Waals surface area contributed by atoms with Gasteiger partial charge in [0.2, 0.25) is 0 Å². The molecule has 0 unspecified atom stereocenters. The first-order valence-corrected chi connectivity index (χ1v) is 10.6. The van der Waals surface area contributed by atoms with Crippen LogP contribution >= 0.6 is 23.2 Å². The van der Waals surface area contributed by atoms with E-state index in [1.807, 2.05) is 18.2 Å². The van der Waals surface area contributed by atoms with Crippen LogP contribution in [0, 0.1) is 0 Å². The Morgan fingerprint density at radius 3 is 2.47 bits per heavy atom. The fourth-order valence-electron chi connectivity index (χ4n) is 3.99. The lowest BCUT2D eigenvalue weighted by molar-refractivity contribution is 0.0492. The maximum Gasteiger partial charge on any atom is 0.330 e. The Kier molecular flexibility index (Phi) is 5.91. The number of pyridine rings is 1. The van der Waals surface area contributed by atoms with Gasteiger partial charge in [0.1, 0.15) is 0 Å². The molecule has 0 amide bonds. The van der Waals surface area contributed by atoms with Crippen LogP contribution < -0.4 is 5.69 Å². The van der Waals surface area contributed by atoms with Crippen molar-refractivity contribution in [3.63, 3.8) is 0 Å². The van der Waals surface area contributed by atoms with Crippen LogP contribution in [0.2, 0.25) is 10.0 Å². The smallest absolute Gasteiger partial charge is 0.330 e. The van der Waals surface area contributed by atoms with Gasteiger partial charge in [-0.25, -0.2) is 9.78 Å². The van der Waals surface area contributed by atoms with Crippen LogP contribution in [0.4, 0.5) is 0 Å². The molecule has 0 spiro atoms. The van der Waals surface area contributed by atoms with E-state index in [9.17, 15) is 4.79 Å².